The fraction of sp³-hybridized carbons (Fsp3) is 0.640. The highest BCUT2D eigenvalue weighted by Crippen LogP contribution is 2.21. The first kappa shape index (κ1) is 23.7. The third kappa shape index (κ3) is 7.91. The van der Waals surface area contributed by atoms with E-state index in [4.69, 9.17) is 4.98 Å². The highest BCUT2D eigenvalue weighted by molar-refractivity contribution is 7.09. The Morgan fingerprint density at radius 3 is 2.48 bits per heavy atom. The van der Waals surface area contributed by atoms with Crippen LogP contribution in [0.15, 0.2) is 24.3 Å². The van der Waals surface area contributed by atoms with Crippen molar-refractivity contribution >= 4 is 22.6 Å². The Hall–Kier alpha value is -1.95. The number of rotatable bonds is 11. The van der Waals surface area contributed by atoms with Crippen molar-refractivity contribution in [1.29, 1.82) is 0 Å². The maximum Gasteiger partial charge on any atom is 0.222 e. The lowest BCUT2D eigenvalue weighted by atomic mass is 10.1. The van der Waals surface area contributed by atoms with E-state index in [0.29, 0.717) is 12.3 Å². The van der Waals surface area contributed by atoms with E-state index < -0.39 is 0 Å². The first-order valence-corrected chi connectivity index (χ1v) is 12.8. The van der Waals surface area contributed by atoms with Crippen molar-refractivity contribution in [3.05, 3.63) is 41.2 Å². The molecule has 6 heteroatoms. The molecule has 2 aromatic rings. The molecule has 3 rings (SSSR count). The summed E-state index contributed by atoms with van der Waals surface area (Å²) in [6.45, 7) is 7.80. The third-order valence-corrected chi connectivity index (χ3v) is 6.87. The molecule has 0 atom stereocenters. The number of aromatic nitrogens is 2. The van der Waals surface area contributed by atoms with E-state index in [1.54, 1.807) is 0 Å². The van der Waals surface area contributed by atoms with Crippen molar-refractivity contribution < 1.29 is 4.79 Å². The lowest BCUT2D eigenvalue weighted by Crippen LogP contribution is -2.35. The van der Waals surface area contributed by atoms with Gasteiger partial charge in [0.25, 0.3) is 0 Å². The predicted octanol–water partition coefficient (Wildman–Crippen LogP) is 5.62. The van der Waals surface area contributed by atoms with Crippen molar-refractivity contribution in [2.24, 2.45) is 0 Å². The van der Waals surface area contributed by atoms with Gasteiger partial charge in [0, 0.05) is 50.6 Å². The van der Waals surface area contributed by atoms with E-state index in [1.165, 1.54) is 61.2 Å². The number of benzene rings is 1. The largest absolute Gasteiger partial charge is 0.345 e. The number of nitrogens with zero attached hydrogens (tertiary/aromatic N) is 4. The number of anilines is 1. The van der Waals surface area contributed by atoms with Crippen LogP contribution in [0.5, 0.6) is 0 Å². The van der Waals surface area contributed by atoms with Crippen LogP contribution in [-0.2, 0) is 11.2 Å². The summed E-state index contributed by atoms with van der Waals surface area (Å²) in [7, 11) is 0. The Morgan fingerprint density at radius 2 is 1.71 bits per heavy atom. The highest BCUT2D eigenvalue weighted by Gasteiger charge is 2.21. The molecule has 1 aromatic heterocycles. The van der Waals surface area contributed by atoms with E-state index in [0.717, 1.165) is 56.4 Å². The van der Waals surface area contributed by atoms with Gasteiger partial charge in [0.1, 0.15) is 5.82 Å². The molecule has 1 fully saturated rings. The third-order valence-electron chi connectivity index (χ3n) is 6.05. The van der Waals surface area contributed by atoms with E-state index >= 15 is 0 Å². The quantitative estimate of drug-likeness (QED) is 0.424. The maximum atomic E-state index is 12.6. The lowest BCUT2D eigenvalue weighted by molar-refractivity contribution is -0.131. The van der Waals surface area contributed by atoms with Crippen LogP contribution < -0.4 is 4.90 Å². The standard InChI is InChI=1S/C25H38N4OS/c1-3-4-5-6-7-8-9-11-24(30)28-16-10-17-29(19-18-28)25-26-23(27-31-25)20-22-14-12-21(2)13-15-22/h12-15H,3-11,16-20H2,1-2H3. The second kappa shape index (κ2) is 12.8. The van der Waals surface area contributed by atoms with Crippen LogP contribution in [-0.4, -0.2) is 46.3 Å². The molecule has 31 heavy (non-hydrogen) atoms. The summed E-state index contributed by atoms with van der Waals surface area (Å²) in [5.74, 6) is 1.22. The van der Waals surface area contributed by atoms with Gasteiger partial charge in [-0.2, -0.15) is 4.37 Å². The summed E-state index contributed by atoms with van der Waals surface area (Å²) in [5.41, 5.74) is 2.51. The van der Waals surface area contributed by atoms with E-state index in [9.17, 15) is 4.79 Å². The van der Waals surface area contributed by atoms with Gasteiger partial charge in [-0.15, -0.1) is 0 Å². The average Bonchev–Trinajstić information content (AvgIpc) is 3.09. The number of carbonyl (C=O) groups excluding carboxylic acids is 1. The van der Waals surface area contributed by atoms with Crippen molar-refractivity contribution in [3.63, 3.8) is 0 Å². The maximum absolute atomic E-state index is 12.6. The zero-order valence-corrected chi connectivity index (χ0v) is 20.1. The molecule has 1 aromatic carbocycles. The Morgan fingerprint density at radius 1 is 0.968 bits per heavy atom. The topological polar surface area (TPSA) is 49.3 Å². The van der Waals surface area contributed by atoms with Gasteiger partial charge in [-0.05, 0) is 25.3 Å². The number of hydrogen-bond acceptors (Lipinski definition) is 5. The Kier molecular flexibility index (Phi) is 9.79. The van der Waals surface area contributed by atoms with Crippen LogP contribution in [0.25, 0.3) is 0 Å². The monoisotopic (exact) mass is 442 g/mol. The van der Waals surface area contributed by atoms with Gasteiger partial charge in [0.05, 0.1) is 0 Å². The van der Waals surface area contributed by atoms with Gasteiger partial charge in [-0.25, -0.2) is 4.98 Å². The zero-order chi connectivity index (χ0) is 21.9. The molecule has 0 bridgehead atoms. The number of unbranched alkanes of at least 4 members (excludes halogenated alkanes) is 6. The van der Waals surface area contributed by atoms with Gasteiger partial charge in [-0.3, -0.25) is 4.79 Å². The molecule has 0 radical (unpaired) electrons. The predicted molar refractivity (Wildman–Crippen MR) is 130 cm³/mol. The number of amides is 1. The molecular formula is C25H38N4OS. The smallest absolute Gasteiger partial charge is 0.222 e. The summed E-state index contributed by atoms with van der Waals surface area (Å²) in [4.78, 5) is 21.8. The normalized spacial score (nSPS) is 14.6. The molecular weight excluding hydrogens is 404 g/mol. The van der Waals surface area contributed by atoms with Gasteiger partial charge in [0.2, 0.25) is 11.0 Å². The highest BCUT2D eigenvalue weighted by atomic mass is 32.1. The van der Waals surface area contributed by atoms with Crippen LogP contribution >= 0.6 is 11.5 Å². The van der Waals surface area contributed by atoms with Gasteiger partial charge < -0.3 is 9.80 Å². The SMILES string of the molecule is CCCCCCCCCC(=O)N1CCCN(c2nc(Cc3ccc(C)cc3)ns2)CC1. The molecule has 5 nitrogen and oxygen atoms in total. The van der Waals surface area contributed by atoms with Gasteiger partial charge >= 0.3 is 0 Å². The molecule has 170 valence electrons. The molecule has 0 unspecified atom stereocenters. The lowest BCUT2D eigenvalue weighted by Gasteiger charge is -2.21. The second-order valence-electron chi connectivity index (χ2n) is 8.75. The molecule has 0 spiro atoms. The first-order valence-electron chi connectivity index (χ1n) is 12.1. The Labute approximate surface area is 192 Å². The van der Waals surface area contributed by atoms with Gasteiger partial charge in [-0.1, -0.05) is 75.3 Å². The molecule has 2 heterocycles. The molecule has 1 aliphatic rings. The fourth-order valence-electron chi connectivity index (χ4n) is 4.08. The minimum Gasteiger partial charge on any atom is -0.345 e. The minimum atomic E-state index is 0.327. The number of hydrogen-bond donors (Lipinski definition) is 0. The van der Waals surface area contributed by atoms with Crippen LogP contribution in [0.4, 0.5) is 5.13 Å². The van der Waals surface area contributed by atoms with Gasteiger partial charge in [0.15, 0.2) is 0 Å². The first-order chi connectivity index (χ1) is 15.2. The summed E-state index contributed by atoms with van der Waals surface area (Å²) in [6, 6.07) is 8.57. The van der Waals surface area contributed by atoms with Crippen molar-refractivity contribution in [2.75, 3.05) is 31.1 Å². The van der Waals surface area contributed by atoms with E-state index in [-0.39, 0.29) is 0 Å². The van der Waals surface area contributed by atoms with Crippen LogP contribution in [0.3, 0.4) is 0 Å². The Balaban J connectivity index is 1.41. The molecule has 0 aliphatic carbocycles. The van der Waals surface area contributed by atoms with Crippen LogP contribution in [0, 0.1) is 6.92 Å². The summed E-state index contributed by atoms with van der Waals surface area (Å²) >= 11 is 1.48. The number of carbonyl (C=O) groups is 1. The molecule has 1 aliphatic heterocycles. The van der Waals surface area contributed by atoms with E-state index in [1.807, 2.05) is 0 Å². The van der Waals surface area contributed by atoms with E-state index in [2.05, 4.69) is 52.3 Å². The zero-order valence-electron chi connectivity index (χ0n) is 19.3. The van der Waals surface area contributed by atoms with Crippen molar-refractivity contribution in [3.8, 4) is 0 Å². The van der Waals surface area contributed by atoms with Crippen LogP contribution in [0.1, 0.15) is 81.7 Å². The van der Waals surface area contributed by atoms with Crippen molar-refractivity contribution in [1.82, 2.24) is 14.3 Å². The molecule has 0 saturated carbocycles. The average molecular weight is 443 g/mol. The summed E-state index contributed by atoms with van der Waals surface area (Å²) in [6.07, 6.45) is 11.2. The second-order valence-corrected chi connectivity index (χ2v) is 9.48. The minimum absolute atomic E-state index is 0.327. The van der Waals surface area contributed by atoms with Crippen LogP contribution in [0.2, 0.25) is 0 Å². The molecule has 1 amide bonds. The summed E-state index contributed by atoms with van der Waals surface area (Å²) in [5, 5.41) is 0.989. The molecule has 0 N–H and O–H groups in total. The molecule has 1 saturated heterocycles. The Bertz CT molecular complexity index is 789. The fourth-order valence-corrected chi connectivity index (χ4v) is 4.82. The summed E-state index contributed by atoms with van der Waals surface area (Å²) < 4.78 is 4.58. The van der Waals surface area contributed by atoms with Crippen molar-refractivity contribution in [2.45, 2.75) is 78.1 Å². The number of aryl methyl sites for hydroxylation is 1.